The highest BCUT2D eigenvalue weighted by Crippen LogP contribution is 2.35. The van der Waals surface area contributed by atoms with Crippen LogP contribution in [0.25, 0.3) is 22.2 Å². The van der Waals surface area contributed by atoms with Crippen molar-refractivity contribution in [3.05, 3.63) is 35.9 Å². The second-order valence-corrected chi connectivity index (χ2v) is 5.60. The minimum atomic E-state index is 0.482. The van der Waals surface area contributed by atoms with Gasteiger partial charge in [-0.3, -0.25) is 0 Å². The first-order valence-electron chi connectivity index (χ1n) is 6.61. The molecular formula is C15H15N3O2S. The van der Waals surface area contributed by atoms with Crippen molar-refractivity contribution in [2.75, 3.05) is 12.3 Å². The molecule has 1 aromatic carbocycles. The summed E-state index contributed by atoms with van der Waals surface area (Å²) in [7, 11) is 0. The van der Waals surface area contributed by atoms with Crippen molar-refractivity contribution >= 4 is 16.3 Å². The fourth-order valence-electron chi connectivity index (χ4n) is 2.08. The maximum absolute atomic E-state index is 5.81. The van der Waals surface area contributed by atoms with Gasteiger partial charge in [0.05, 0.1) is 22.0 Å². The average molecular weight is 301 g/mol. The number of benzene rings is 1. The van der Waals surface area contributed by atoms with E-state index in [1.54, 1.807) is 0 Å². The van der Waals surface area contributed by atoms with Gasteiger partial charge in [-0.25, -0.2) is 0 Å². The Morgan fingerprint density at radius 3 is 2.86 bits per heavy atom. The van der Waals surface area contributed by atoms with Crippen LogP contribution in [0.15, 0.2) is 34.9 Å². The van der Waals surface area contributed by atoms with E-state index in [2.05, 4.69) is 10.1 Å². The predicted octanol–water partition coefficient (Wildman–Crippen LogP) is 3.75. The Balaban J connectivity index is 2.01. The second kappa shape index (κ2) is 5.57. The Morgan fingerprint density at radius 2 is 2.14 bits per heavy atom. The molecule has 21 heavy (non-hydrogen) atoms. The summed E-state index contributed by atoms with van der Waals surface area (Å²) >= 11 is 1.44. The molecule has 2 aromatic heterocycles. The first kappa shape index (κ1) is 13.6. The second-order valence-electron chi connectivity index (χ2n) is 4.51. The highest BCUT2D eigenvalue weighted by atomic mass is 32.1. The lowest BCUT2D eigenvalue weighted by molar-refractivity contribution is 0.341. The smallest absolute Gasteiger partial charge is 0.268 e. The summed E-state index contributed by atoms with van der Waals surface area (Å²) in [5, 5.41) is 4.79. The number of hydrogen-bond donors (Lipinski definition) is 1. The van der Waals surface area contributed by atoms with E-state index < -0.39 is 0 Å². The minimum absolute atomic E-state index is 0.482. The molecule has 6 heteroatoms. The molecule has 2 N–H and O–H groups in total. The lowest BCUT2D eigenvalue weighted by Crippen LogP contribution is -1.94. The third-order valence-corrected chi connectivity index (χ3v) is 4.04. The maximum atomic E-state index is 5.81. The largest absolute Gasteiger partial charge is 0.493 e. The van der Waals surface area contributed by atoms with E-state index in [1.165, 1.54) is 11.3 Å². The molecule has 0 atom stereocenters. The summed E-state index contributed by atoms with van der Waals surface area (Å²) < 4.78 is 11.0. The van der Waals surface area contributed by atoms with Crippen LogP contribution < -0.4 is 10.5 Å². The summed E-state index contributed by atoms with van der Waals surface area (Å²) in [5.74, 6) is 1.74. The zero-order valence-corrected chi connectivity index (χ0v) is 12.6. The van der Waals surface area contributed by atoms with Gasteiger partial charge >= 0.3 is 0 Å². The Hall–Kier alpha value is -2.34. The molecule has 0 saturated carbocycles. The fourth-order valence-corrected chi connectivity index (χ4v) is 2.94. The third kappa shape index (κ3) is 2.62. The molecule has 3 aromatic rings. The highest BCUT2D eigenvalue weighted by molar-refractivity contribution is 7.19. The topological polar surface area (TPSA) is 74.2 Å². The van der Waals surface area contributed by atoms with Crippen LogP contribution in [0.2, 0.25) is 0 Å². The van der Waals surface area contributed by atoms with E-state index in [4.69, 9.17) is 15.0 Å². The molecule has 0 fully saturated rings. The van der Waals surface area contributed by atoms with Crippen molar-refractivity contribution in [1.82, 2.24) is 10.1 Å². The Kier molecular flexibility index (Phi) is 3.62. The van der Waals surface area contributed by atoms with Gasteiger partial charge in [0.15, 0.2) is 0 Å². The molecule has 0 unspecified atom stereocenters. The van der Waals surface area contributed by atoms with Crippen molar-refractivity contribution in [2.45, 2.75) is 13.8 Å². The number of anilines is 1. The summed E-state index contributed by atoms with van der Waals surface area (Å²) in [6.07, 6.45) is 0. The quantitative estimate of drug-likeness (QED) is 0.794. The van der Waals surface area contributed by atoms with Crippen molar-refractivity contribution < 1.29 is 9.26 Å². The van der Waals surface area contributed by atoms with E-state index in [9.17, 15) is 0 Å². The van der Waals surface area contributed by atoms with Crippen LogP contribution in [-0.4, -0.2) is 16.7 Å². The molecule has 2 heterocycles. The molecule has 3 rings (SSSR count). The fraction of sp³-hybridized carbons (Fsp3) is 0.200. The predicted molar refractivity (Wildman–Crippen MR) is 83.4 cm³/mol. The molecule has 0 radical (unpaired) electrons. The van der Waals surface area contributed by atoms with E-state index in [0.29, 0.717) is 18.3 Å². The zero-order valence-electron chi connectivity index (χ0n) is 11.8. The first-order chi connectivity index (χ1) is 10.2. The van der Waals surface area contributed by atoms with E-state index in [-0.39, 0.29) is 0 Å². The Bertz CT molecular complexity index is 764. The lowest BCUT2D eigenvalue weighted by Gasteiger charge is -2.05. The summed E-state index contributed by atoms with van der Waals surface area (Å²) in [5.41, 5.74) is 7.66. The van der Waals surface area contributed by atoms with Gasteiger partial charge in [0.1, 0.15) is 5.75 Å². The van der Waals surface area contributed by atoms with E-state index >= 15 is 0 Å². The van der Waals surface area contributed by atoms with Gasteiger partial charge in [-0.1, -0.05) is 17.3 Å². The molecule has 0 aliphatic rings. The van der Waals surface area contributed by atoms with Gasteiger partial charge in [-0.2, -0.15) is 4.98 Å². The number of nitrogens with two attached hydrogens (primary N) is 1. The number of rotatable bonds is 4. The molecule has 0 bridgehead atoms. The van der Waals surface area contributed by atoms with Crippen LogP contribution in [0.3, 0.4) is 0 Å². The standard InChI is InChI=1S/C15H15N3O2S/c1-3-19-11-7-5-4-6-10(11)14-17-15(20-18-14)13-9(2)8-12(16)21-13/h4-8H,3,16H2,1-2H3. The summed E-state index contributed by atoms with van der Waals surface area (Å²) in [6, 6.07) is 9.54. The molecule has 0 saturated heterocycles. The number of aromatic nitrogens is 2. The van der Waals surface area contributed by atoms with Crippen molar-refractivity contribution in [1.29, 1.82) is 0 Å². The monoisotopic (exact) mass is 301 g/mol. The van der Waals surface area contributed by atoms with Crippen molar-refractivity contribution in [2.24, 2.45) is 0 Å². The molecule has 0 aliphatic carbocycles. The van der Waals surface area contributed by atoms with Crippen LogP contribution in [0.5, 0.6) is 5.75 Å². The first-order valence-corrected chi connectivity index (χ1v) is 7.43. The number of thiophene rings is 1. The summed E-state index contributed by atoms with van der Waals surface area (Å²) in [6.45, 7) is 4.50. The molecule has 0 spiro atoms. The minimum Gasteiger partial charge on any atom is -0.493 e. The van der Waals surface area contributed by atoms with Gasteiger partial charge < -0.3 is 15.0 Å². The number of aryl methyl sites for hydroxylation is 1. The zero-order chi connectivity index (χ0) is 14.8. The van der Waals surface area contributed by atoms with Gasteiger partial charge in [0.25, 0.3) is 5.89 Å². The number of ether oxygens (including phenoxy) is 1. The number of para-hydroxylation sites is 1. The van der Waals surface area contributed by atoms with Crippen LogP contribution in [0.4, 0.5) is 5.00 Å². The van der Waals surface area contributed by atoms with Crippen LogP contribution >= 0.6 is 11.3 Å². The molecular weight excluding hydrogens is 286 g/mol. The average Bonchev–Trinajstić information content (AvgIpc) is 3.06. The van der Waals surface area contributed by atoms with Crippen molar-refractivity contribution in [3.63, 3.8) is 0 Å². The van der Waals surface area contributed by atoms with Gasteiger partial charge in [0.2, 0.25) is 5.82 Å². The van der Waals surface area contributed by atoms with Gasteiger partial charge in [0, 0.05) is 0 Å². The lowest BCUT2D eigenvalue weighted by atomic mass is 10.2. The number of hydrogen-bond acceptors (Lipinski definition) is 6. The molecule has 108 valence electrons. The SMILES string of the molecule is CCOc1ccccc1-c1noc(-c2sc(N)cc2C)n1. The van der Waals surface area contributed by atoms with Crippen LogP contribution in [-0.2, 0) is 0 Å². The van der Waals surface area contributed by atoms with Crippen molar-refractivity contribution in [3.8, 4) is 27.9 Å². The normalized spacial score (nSPS) is 10.8. The summed E-state index contributed by atoms with van der Waals surface area (Å²) in [4.78, 5) is 5.37. The van der Waals surface area contributed by atoms with Crippen LogP contribution in [0.1, 0.15) is 12.5 Å². The Morgan fingerprint density at radius 1 is 1.33 bits per heavy atom. The van der Waals surface area contributed by atoms with Gasteiger partial charge in [-0.05, 0) is 37.6 Å². The molecule has 5 nitrogen and oxygen atoms in total. The highest BCUT2D eigenvalue weighted by Gasteiger charge is 2.17. The Labute approximate surface area is 126 Å². The maximum Gasteiger partial charge on any atom is 0.268 e. The molecule has 0 amide bonds. The van der Waals surface area contributed by atoms with Gasteiger partial charge in [-0.15, -0.1) is 11.3 Å². The number of nitrogen functional groups attached to an aromatic ring is 1. The van der Waals surface area contributed by atoms with Crippen LogP contribution in [0, 0.1) is 6.92 Å². The van der Waals surface area contributed by atoms with E-state index in [1.807, 2.05) is 44.2 Å². The number of nitrogens with zero attached hydrogens (tertiary/aromatic N) is 2. The molecule has 0 aliphatic heterocycles. The van der Waals surface area contributed by atoms with E-state index in [0.717, 1.165) is 26.8 Å². The third-order valence-electron chi connectivity index (χ3n) is 2.98.